The summed E-state index contributed by atoms with van der Waals surface area (Å²) in [7, 11) is 3.65. The lowest BCUT2D eigenvalue weighted by molar-refractivity contribution is -0.140. The van der Waals surface area contributed by atoms with Gasteiger partial charge in [0.25, 0.3) is 11.8 Å². The normalized spacial score (nSPS) is 14.7. The SMILES string of the molecule is CN(C)CCN(CC(N)=O)C(=O)CCN1C(=O)c2cc(NC(=O)c3cccc(C(F)(F)F)c3F)ccc2CC1c1ccccc1. The largest absolute Gasteiger partial charge is 0.419 e. The van der Waals surface area contributed by atoms with Gasteiger partial charge in [0.2, 0.25) is 11.8 Å². The molecule has 9 nitrogen and oxygen atoms in total. The Morgan fingerprint density at radius 1 is 1.00 bits per heavy atom. The molecule has 45 heavy (non-hydrogen) atoms. The van der Waals surface area contributed by atoms with Crippen LogP contribution in [0.4, 0.5) is 23.2 Å². The maximum Gasteiger partial charge on any atom is 0.419 e. The number of likely N-dealkylation sites (N-methyl/N-ethyl adjacent to an activating group) is 1. The second kappa shape index (κ2) is 13.9. The van der Waals surface area contributed by atoms with E-state index in [2.05, 4.69) is 5.32 Å². The van der Waals surface area contributed by atoms with Gasteiger partial charge in [-0.3, -0.25) is 19.2 Å². The highest BCUT2D eigenvalue weighted by Crippen LogP contribution is 2.35. The summed E-state index contributed by atoms with van der Waals surface area (Å²) in [6.07, 6.45) is -4.69. The molecule has 1 aliphatic rings. The average molecular weight is 628 g/mol. The molecule has 4 rings (SSSR count). The third-order valence-corrected chi connectivity index (χ3v) is 7.46. The topological polar surface area (TPSA) is 116 Å². The summed E-state index contributed by atoms with van der Waals surface area (Å²) in [5, 5.41) is 2.39. The molecule has 4 amide bonds. The van der Waals surface area contributed by atoms with Crippen molar-refractivity contribution in [2.24, 2.45) is 5.73 Å². The molecular weight excluding hydrogens is 594 g/mol. The quantitative estimate of drug-likeness (QED) is 0.311. The number of hydrogen-bond acceptors (Lipinski definition) is 5. The van der Waals surface area contributed by atoms with Crippen molar-refractivity contribution in [3.8, 4) is 0 Å². The Balaban J connectivity index is 1.59. The van der Waals surface area contributed by atoms with Crippen LogP contribution in [0.5, 0.6) is 0 Å². The molecule has 0 aromatic heterocycles. The summed E-state index contributed by atoms with van der Waals surface area (Å²) in [6.45, 7) is 0.519. The smallest absolute Gasteiger partial charge is 0.368 e. The minimum absolute atomic E-state index is 0.0138. The van der Waals surface area contributed by atoms with E-state index in [1.54, 1.807) is 11.0 Å². The van der Waals surface area contributed by atoms with Gasteiger partial charge in [0.05, 0.1) is 23.7 Å². The predicted octanol–water partition coefficient (Wildman–Crippen LogP) is 4.10. The number of carbonyl (C=O) groups is 4. The van der Waals surface area contributed by atoms with Crippen molar-refractivity contribution >= 4 is 29.3 Å². The minimum atomic E-state index is -4.98. The highest BCUT2D eigenvalue weighted by atomic mass is 19.4. The lowest BCUT2D eigenvalue weighted by Crippen LogP contribution is -2.45. The molecular formula is C32H33F4N5O4. The Labute approximate surface area is 257 Å². The molecule has 0 bridgehead atoms. The van der Waals surface area contributed by atoms with Gasteiger partial charge in [0.15, 0.2) is 0 Å². The maximum absolute atomic E-state index is 14.6. The highest BCUT2D eigenvalue weighted by molar-refractivity contribution is 6.06. The first-order valence-electron chi connectivity index (χ1n) is 14.1. The number of carbonyl (C=O) groups excluding carboxylic acids is 4. The molecule has 3 aromatic carbocycles. The molecule has 0 radical (unpaired) electrons. The third-order valence-electron chi connectivity index (χ3n) is 7.46. The standard InChI is InChI=1S/C32H33F4N5O4/c1-39(2)15-16-40(19-27(37)42)28(43)13-14-41-26(20-7-4-3-5-8-20)17-21-11-12-22(18-24(21)31(41)45)38-30(44)23-9-6-10-25(29(23)33)32(34,35)36/h3-12,18,26H,13-17,19H2,1-2H3,(H2,37,42)(H,38,44). The lowest BCUT2D eigenvalue weighted by Gasteiger charge is -2.37. The van der Waals surface area contributed by atoms with Crippen molar-refractivity contribution in [3.63, 3.8) is 0 Å². The fourth-order valence-electron chi connectivity index (χ4n) is 5.18. The number of nitrogens with one attached hydrogen (secondary N) is 1. The van der Waals surface area contributed by atoms with Crippen LogP contribution in [0, 0.1) is 5.82 Å². The van der Waals surface area contributed by atoms with E-state index < -0.39 is 46.9 Å². The Morgan fingerprint density at radius 3 is 2.36 bits per heavy atom. The molecule has 0 saturated carbocycles. The first-order valence-corrected chi connectivity index (χ1v) is 14.1. The molecule has 1 aliphatic heterocycles. The number of halogens is 4. The minimum Gasteiger partial charge on any atom is -0.368 e. The van der Waals surface area contributed by atoms with Crippen molar-refractivity contribution < 1.29 is 36.7 Å². The van der Waals surface area contributed by atoms with Crippen LogP contribution in [-0.4, -0.2) is 78.6 Å². The van der Waals surface area contributed by atoms with E-state index in [1.165, 1.54) is 17.0 Å². The van der Waals surface area contributed by atoms with Crippen molar-refractivity contribution in [2.75, 3.05) is 45.6 Å². The number of rotatable bonds is 11. The summed E-state index contributed by atoms with van der Waals surface area (Å²) in [6, 6.07) is 15.7. The monoisotopic (exact) mass is 627 g/mol. The van der Waals surface area contributed by atoms with E-state index in [1.807, 2.05) is 49.3 Å². The van der Waals surface area contributed by atoms with E-state index in [0.717, 1.165) is 17.7 Å². The second-order valence-corrected chi connectivity index (χ2v) is 11.0. The van der Waals surface area contributed by atoms with E-state index in [4.69, 9.17) is 5.73 Å². The van der Waals surface area contributed by atoms with Gasteiger partial charge in [-0.25, -0.2) is 4.39 Å². The predicted molar refractivity (Wildman–Crippen MR) is 159 cm³/mol. The first kappa shape index (κ1) is 33.1. The fraction of sp³-hybridized carbons (Fsp3) is 0.312. The molecule has 1 unspecified atom stereocenters. The van der Waals surface area contributed by atoms with Crippen LogP contribution in [-0.2, 0) is 22.2 Å². The van der Waals surface area contributed by atoms with Crippen LogP contribution in [0.3, 0.4) is 0 Å². The zero-order valence-corrected chi connectivity index (χ0v) is 24.7. The van der Waals surface area contributed by atoms with Crippen LogP contribution in [0.25, 0.3) is 0 Å². The van der Waals surface area contributed by atoms with Crippen molar-refractivity contribution in [2.45, 2.75) is 25.1 Å². The Kier molecular flexibility index (Phi) is 10.2. The molecule has 1 atom stereocenters. The van der Waals surface area contributed by atoms with Crippen molar-refractivity contribution in [1.29, 1.82) is 0 Å². The average Bonchev–Trinajstić information content (AvgIpc) is 2.98. The van der Waals surface area contributed by atoms with Crippen LogP contribution in [0.2, 0.25) is 0 Å². The van der Waals surface area contributed by atoms with Crippen molar-refractivity contribution in [3.05, 3.63) is 100 Å². The maximum atomic E-state index is 14.6. The van der Waals surface area contributed by atoms with Gasteiger partial charge >= 0.3 is 6.18 Å². The first-order chi connectivity index (χ1) is 21.3. The number of primary amides is 1. The molecule has 0 spiro atoms. The zero-order valence-electron chi connectivity index (χ0n) is 24.7. The number of benzene rings is 3. The highest BCUT2D eigenvalue weighted by Gasteiger charge is 2.36. The summed E-state index contributed by atoms with van der Waals surface area (Å²) >= 11 is 0. The molecule has 0 saturated heterocycles. The van der Waals surface area contributed by atoms with Crippen molar-refractivity contribution in [1.82, 2.24) is 14.7 Å². The van der Waals surface area contributed by atoms with Gasteiger partial charge in [-0.1, -0.05) is 42.5 Å². The molecule has 1 heterocycles. The third kappa shape index (κ3) is 8.04. The molecule has 0 aliphatic carbocycles. The fourth-order valence-corrected chi connectivity index (χ4v) is 5.18. The molecule has 3 aromatic rings. The van der Waals surface area contributed by atoms with E-state index >= 15 is 0 Å². The van der Waals surface area contributed by atoms with Gasteiger partial charge < -0.3 is 25.8 Å². The van der Waals surface area contributed by atoms with E-state index in [9.17, 15) is 36.7 Å². The molecule has 13 heteroatoms. The van der Waals surface area contributed by atoms with Crippen LogP contribution >= 0.6 is 0 Å². The van der Waals surface area contributed by atoms with Crippen LogP contribution in [0.1, 0.15) is 49.9 Å². The Hall–Kier alpha value is -4.78. The van der Waals surface area contributed by atoms with Gasteiger partial charge in [-0.15, -0.1) is 0 Å². The van der Waals surface area contributed by atoms with E-state index in [-0.39, 0.29) is 43.2 Å². The number of alkyl halides is 3. The Morgan fingerprint density at radius 2 is 1.71 bits per heavy atom. The van der Waals surface area contributed by atoms with E-state index in [0.29, 0.717) is 24.6 Å². The van der Waals surface area contributed by atoms with Gasteiger partial charge in [-0.2, -0.15) is 13.2 Å². The van der Waals surface area contributed by atoms with Gasteiger partial charge in [0, 0.05) is 37.3 Å². The molecule has 0 fully saturated rings. The van der Waals surface area contributed by atoms with Gasteiger partial charge in [0.1, 0.15) is 5.82 Å². The lowest BCUT2D eigenvalue weighted by atomic mass is 9.89. The zero-order chi connectivity index (χ0) is 32.9. The number of anilines is 1. The number of nitrogens with zero attached hydrogens (tertiary/aromatic N) is 3. The molecule has 238 valence electrons. The number of amides is 4. The summed E-state index contributed by atoms with van der Waals surface area (Å²) in [4.78, 5) is 56.2. The summed E-state index contributed by atoms with van der Waals surface area (Å²) < 4.78 is 54.1. The van der Waals surface area contributed by atoms with Gasteiger partial charge in [-0.05, 0) is 55.9 Å². The van der Waals surface area contributed by atoms with Crippen LogP contribution < -0.4 is 11.1 Å². The second-order valence-electron chi connectivity index (χ2n) is 11.0. The number of hydrogen-bond donors (Lipinski definition) is 2. The summed E-state index contributed by atoms with van der Waals surface area (Å²) in [5.74, 6) is -4.27. The Bertz CT molecular complexity index is 1580. The van der Waals surface area contributed by atoms with Crippen LogP contribution in [0.15, 0.2) is 66.7 Å². The molecule has 3 N–H and O–H groups in total. The number of fused-ring (bicyclic) bond motifs is 1. The number of nitrogens with two attached hydrogens (primary N) is 1. The summed E-state index contributed by atoms with van der Waals surface area (Å²) in [5.41, 5.74) is 4.78.